The van der Waals surface area contributed by atoms with Crippen molar-refractivity contribution in [1.29, 1.82) is 0 Å². The molecule has 0 spiro atoms. The number of nitro benzene ring substituents is 1. The van der Waals surface area contributed by atoms with Crippen LogP contribution in [0.25, 0.3) is 0 Å². The molecule has 7 nitrogen and oxygen atoms in total. The first-order valence-electron chi connectivity index (χ1n) is 6.74. The van der Waals surface area contributed by atoms with Crippen LogP contribution in [0.5, 0.6) is 0 Å². The van der Waals surface area contributed by atoms with Crippen molar-refractivity contribution in [2.24, 2.45) is 0 Å². The van der Waals surface area contributed by atoms with E-state index in [9.17, 15) is 20.0 Å². The Morgan fingerprint density at radius 1 is 1.48 bits per heavy atom. The van der Waals surface area contributed by atoms with Crippen molar-refractivity contribution in [2.45, 2.75) is 25.3 Å². The van der Waals surface area contributed by atoms with Crippen LogP contribution in [0, 0.1) is 17.0 Å². The molecule has 0 saturated carbocycles. The Kier molecular flexibility index (Phi) is 4.54. The smallest absolute Gasteiger partial charge is 0.282 e. The molecule has 1 aliphatic heterocycles. The SMILES string of the molecule is Cc1ccc([N+](=O)[O-])c(C(=O)NC2(CO)CCOCC2)c1. The maximum atomic E-state index is 12.4. The Morgan fingerprint density at radius 3 is 2.71 bits per heavy atom. The molecule has 1 amide bonds. The van der Waals surface area contributed by atoms with Crippen molar-refractivity contribution >= 4 is 11.6 Å². The van der Waals surface area contributed by atoms with E-state index in [0.29, 0.717) is 26.1 Å². The minimum atomic E-state index is -0.771. The standard InChI is InChI=1S/C14H18N2O5/c1-10-2-3-12(16(19)20)11(8-10)13(18)15-14(9-17)4-6-21-7-5-14/h2-3,8,17H,4-7,9H2,1H3,(H,15,18). The van der Waals surface area contributed by atoms with Crippen LogP contribution in [0.3, 0.4) is 0 Å². The number of nitrogens with one attached hydrogen (secondary N) is 1. The molecule has 0 radical (unpaired) electrons. The summed E-state index contributed by atoms with van der Waals surface area (Å²) in [6.45, 7) is 2.42. The zero-order chi connectivity index (χ0) is 15.5. The lowest BCUT2D eigenvalue weighted by molar-refractivity contribution is -0.385. The Bertz CT molecular complexity index is 552. The quantitative estimate of drug-likeness (QED) is 0.641. The zero-order valence-electron chi connectivity index (χ0n) is 11.8. The number of nitrogens with zero attached hydrogens (tertiary/aromatic N) is 1. The lowest BCUT2D eigenvalue weighted by atomic mass is 9.90. The number of aryl methyl sites for hydroxylation is 1. The van der Waals surface area contributed by atoms with Gasteiger partial charge in [0.05, 0.1) is 17.1 Å². The maximum Gasteiger partial charge on any atom is 0.282 e. The van der Waals surface area contributed by atoms with Crippen molar-refractivity contribution < 1.29 is 19.6 Å². The van der Waals surface area contributed by atoms with Crippen LogP contribution in [-0.2, 0) is 4.74 Å². The number of hydrogen-bond acceptors (Lipinski definition) is 5. The number of amides is 1. The summed E-state index contributed by atoms with van der Waals surface area (Å²) in [4.78, 5) is 22.8. The molecule has 1 aromatic carbocycles. The molecule has 0 aromatic heterocycles. The van der Waals surface area contributed by atoms with Crippen molar-refractivity contribution in [1.82, 2.24) is 5.32 Å². The van der Waals surface area contributed by atoms with E-state index in [1.807, 2.05) is 0 Å². The van der Waals surface area contributed by atoms with E-state index in [1.54, 1.807) is 13.0 Å². The molecule has 0 atom stereocenters. The lowest BCUT2D eigenvalue weighted by Crippen LogP contribution is -2.54. The summed E-state index contributed by atoms with van der Waals surface area (Å²) >= 11 is 0. The van der Waals surface area contributed by atoms with Gasteiger partial charge in [0.15, 0.2) is 0 Å². The van der Waals surface area contributed by atoms with Crippen molar-refractivity contribution in [3.8, 4) is 0 Å². The van der Waals surface area contributed by atoms with Gasteiger partial charge in [-0.2, -0.15) is 0 Å². The third-order valence-corrected chi connectivity index (χ3v) is 3.72. The number of benzene rings is 1. The number of rotatable bonds is 4. The Labute approximate surface area is 122 Å². The molecule has 1 saturated heterocycles. The van der Waals surface area contributed by atoms with Crippen LogP contribution in [0.15, 0.2) is 18.2 Å². The van der Waals surface area contributed by atoms with E-state index in [-0.39, 0.29) is 17.9 Å². The Hall–Kier alpha value is -1.99. The predicted octanol–water partition coefficient (Wildman–Crippen LogP) is 1.17. The minimum Gasteiger partial charge on any atom is -0.394 e. The zero-order valence-corrected chi connectivity index (χ0v) is 11.8. The number of carbonyl (C=O) groups is 1. The largest absolute Gasteiger partial charge is 0.394 e. The molecule has 7 heteroatoms. The maximum absolute atomic E-state index is 12.4. The Balaban J connectivity index is 2.27. The van der Waals surface area contributed by atoms with Crippen LogP contribution in [0.4, 0.5) is 5.69 Å². The Morgan fingerprint density at radius 2 is 2.14 bits per heavy atom. The van der Waals surface area contributed by atoms with Crippen LogP contribution in [0.2, 0.25) is 0 Å². The van der Waals surface area contributed by atoms with Crippen molar-refractivity contribution in [2.75, 3.05) is 19.8 Å². The highest BCUT2D eigenvalue weighted by Crippen LogP contribution is 2.24. The first kappa shape index (κ1) is 15.4. The molecule has 0 unspecified atom stereocenters. The first-order chi connectivity index (χ1) is 9.97. The van der Waals surface area contributed by atoms with Crippen LogP contribution < -0.4 is 5.32 Å². The number of carbonyl (C=O) groups excluding carboxylic acids is 1. The van der Waals surface area contributed by atoms with Gasteiger partial charge in [-0.1, -0.05) is 6.07 Å². The fourth-order valence-electron chi connectivity index (χ4n) is 2.38. The molecule has 114 valence electrons. The highest BCUT2D eigenvalue weighted by molar-refractivity contribution is 5.98. The van der Waals surface area contributed by atoms with E-state index in [0.717, 1.165) is 5.56 Å². The van der Waals surface area contributed by atoms with Crippen LogP contribution >= 0.6 is 0 Å². The molecule has 0 aliphatic carbocycles. The van der Waals surface area contributed by atoms with Gasteiger partial charge in [0.1, 0.15) is 5.56 Å². The van der Waals surface area contributed by atoms with Gasteiger partial charge in [-0.25, -0.2) is 0 Å². The van der Waals surface area contributed by atoms with Gasteiger partial charge in [0.2, 0.25) is 0 Å². The molecule has 1 aliphatic rings. The monoisotopic (exact) mass is 294 g/mol. The molecule has 2 rings (SSSR count). The number of aliphatic hydroxyl groups is 1. The summed E-state index contributed by atoms with van der Waals surface area (Å²) in [6.07, 6.45) is 0.962. The van der Waals surface area contributed by atoms with Gasteiger partial charge in [-0.05, 0) is 31.4 Å². The molecule has 0 bridgehead atoms. The highest BCUT2D eigenvalue weighted by Gasteiger charge is 2.35. The fraction of sp³-hybridized carbons (Fsp3) is 0.500. The molecular formula is C14H18N2O5. The first-order valence-corrected chi connectivity index (χ1v) is 6.74. The van der Waals surface area contributed by atoms with Crippen molar-refractivity contribution in [3.63, 3.8) is 0 Å². The molecule has 1 aromatic rings. The van der Waals surface area contributed by atoms with E-state index in [1.165, 1.54) is 12.1 Å². The fourth-order valence-corrected chi connectivity index (χ4v) is 2.38. The topological polar surface area (TPSA) is 102 Å². The second-order valence-electron chi connectivity index (χ2n) is 5.28. The molecule has 21 heavy (non-hydrogen) atoms. The number of hydrogen-bond donors (Lipinski definition) is 2. The van der Waals surface area contributed by atoms with E-state index < -0.39 is 16.4 Å². The summed E-state index contributed by atoms with van der Waals surface area (Å²) in [7, 11) is 0. The lowest BCUT2D eigenvalue weighted by Gasteiger charge is -2.36. The van der Waals surface area contributed by atoms with Crippen LogP contribution in [-0.4, -0.2) is 41.3 Å². The second-order valence-corrected chi connectivity index (χ2v) is 5.28. The van der Waals surface area contributed by atoms with E-state index in [4.69, 9.17) is 4.74 Å². The molecule has 2 N–H and O–H groups in total. The van der Waals surface area contributed by atoms with Gasteiger partial charge < -0.3 is 15.2 Å². The van der Waals surface area contributed by atoms with E-state index >= 15 is 0 Å². The molecule has 1 heterocycles. The van der Waals surface area contributed by atoms with E-state index in [2.05, 4.69) is 5.32 Å². The van der Waals surface area contributed by atoms with Crippen LogP contribution in [0.1, 0.15) is 28.8 Å². The minimum absolute atomic E-state index is 0.0133. The third kappa shape index (κ3) is 3.37. The number of ether oxygens (including phenoxy) is 1. The molecule has 1 fully saturated rings. The summed E-state index contributed by atoms with van der Waals surface area (Å²) in [5.74, 6) is -0.540. The predicted molar refractivity (Wildman–Crippen MR) is 75.2 cm³/mol. The molecular weight excluding hydrogens is 276 g/mol. The average molecular weight is 294 g/mol. The summed E-state index contributed by atoms with van der Waals surface area (Å²) < 4.78 is 5.22. The highest BCUT2D eigenvalue weighted by atomic mass is 16.6. The third-order valence-electron chi connectivity index (χ3n) is 3.72. The number of nitro groups is 1. The second kappa shape index (κ2) is 6.19. The number of aliphatic hydroxyl groups excluding tert-OH is 1. The van der Waals surface area contributed by atoms with Gasteiger partial charge in [0, 0.05) is 19.3 Å². The summed E-state index contributed by atoms with van der Waals surface area (Å²) in [5, 5.41) is 23.3. The van der Waals surface area contributed by atoms with Gasteiger partial charge in [-0.15, -0.1) is 0 Å². The van der Waals surface area contributed by atoms with Crippen molar-refractivity contribution in [3.05, 3.63) is 39.4 Å². The average Bonchev–Trinajstić information content (AvgIpc) is 2.47. The van der Waals surface area contributed by atoms with Gasteiger partial charge in [0.25, 0.3) is 11.6 Å². The normalized spacial score (nSPS) is 17.2. The summed E-state index contributed by atoms with van der Waals surface area (Å²) in [6, 6.07) is 4.39. The summed E-state index contributed by atoms with van der Waals surface area (Å²) in [5.41, 5.74) is -0.235. The van der Waals surface area contributed by atoms with Gasteiger partial charge >= 0.3 is 0 Å². The van der Waals surface area contributed by atoms with Gasteiger partial charge in [-0.3, -0.25) is 14.9 Å².